The molecule has 2 atom stereocenters. The summed E-state index contributed by atoms with van der Waals surface area (Å²) < 4.78 is 10.5. The highest BCUT2D eigenvalue weighted by atomic mass is 16.5. The fourth-order valence-electron chi connectivity index (χ4n) is 2.60. The van der Waals surface area contributed by atoms with Crippen LogP contribution in [0, 0.1) is 6.92 Å². The van der Waals surface area contributed by atoms with E-state index in [1.807, 2.05) is 7.05 Å². The molecule has 1 aromatic rings. The Bertz CT molecular complexity index is 398. The van der Waals surface area contributed by atoms with Gasteiger partial charge in [0.1, 0.15) is 0 Å². The van der Waals surface area contributed by atoms with Crippen LogP contribution in [0.5, 0.6) is 0 Å². The lowest BCUT2D eigenvalue weighted by atomic mass is 10.0. The number of hydrogen-bond acceptors (Lipinski definition) is 4. The quantitative estimate of drug-likeness (QED) is 0.717. The van der Waals surface area contributed by atoms with Gasteiger partial charge in [-0.15, -0.1) is 0 Å². The van der Waals surface area contributed by atoms with E-state index < -0.39 is 0 Å². The molecule has 0 aromatic heterocycles. The van der Waals surface area contributed by atoms with E-state index in [4.69, 9.17) is 9.47 Å². The Morgan fingerprint density at radius 2 is 1.90 bits per heavy atom. The number of aryl methyl sites for hydroxylation is 1. The molecule has 1 rings (SSSR count). The highest BCUT2D eigenvalue weighted by Gasteiger charge is 2.20. The summed E-state index contributed by atoms with van der Waals surface area (Å²) in [5.41, 5.74) is 2.68. The van der Waals surface area contributed by atoms with Gasteiger partial charge in [0.15, 0.2) is 0 Å². The van der Waals surface area contributed by atoms with E-state index in [2.05, 4.69) is 48.3 Å². The molecule has 4 heteroatoms. The molecule has 0 aliphatic rings. The number of likely N-dealkylation sites (N-methyl/N-ethyl adjacent to an activating group) is 1. The largest absolute Gasteiger partial charge is 0.383 e. The zero-order chi connectivity index (χ0) is 15.7. The van der Waals surface area contributed by atoms with Gasteiger partial charge in [-0.25, -0.2) is 0 Å². The summed E-state index contributed by atoms with van der Waals surface area (Å²) in [6, 6.07) is 9.23. The van der Waals surface area contributed by atoms with Crippen LogP contribution in [-0.4, -0.2) is 58.5 Å². The number of benzene rings is 1. The highest BCUT2D eigenvalue weighted by molar-refractivity contribution is 5.29. The Labute approximate surface area is 129 Å². The average Bonchev–Trinajstić information content (AvgIpc) is 2.49. The molecular formula is C17H30N2O2. The molecule has 0 saturated heterocycles. The van der Waals surface area contributed by atoms with Crippen molar-refractivity contribution in [1.29, 1.82) is 0 Å². The Hall–Kier alpha value is -0.940. The minimum atomic E-state index is 0.308. The Morgan fingerprint density at radius 3 is 2.48 bits per heavy atom. The van der Waals surface area contributed by atoms with E-state index in [1.165, 1.54) is 11.1 Å². The smallest absolute Gasteiger partial charge is 0.0615 e. The van der Waals surface area contributed by atoms with Crippen molar-refractivity contribution in [3.8, 4) is 0 Å². The van der Waals surface area contributed by atoms with Crippen LogP contribution < -0.4 is 5.32 Å². The molecule has 0 amide bonds. The monoisotopic (exact) mass is 294 g/mol. The second kappa shape index (κ2) is 9.90. The molecule has 0 aliphatic heterocycles. The molecule has 0 heterocycles. The van der Waals surface area contributed by atoms with E-state index >= 15 is 0 Å². The normalized spacial score (nSPS) is 14.4. The zero-order valence-electron chi connectivity index (χ0n) is 14.1. The van der Waals surface area contributed by atoms with Gasteiger partial charge in [-0.2, -0.15) is 0 Å². The second-order valence-corrected chi connectivity index (χ2v) is 5.49. The van der Waals surface area contributed by atoms with Crippen LogP contribution in [0.2, 0.25) is 0 Å². The van der Waals surface area contributed by atoms with Crippen molar-refractivity contribution < 1.29 is 9.47 Å². The second-order valence-electron chi connectivity index (χ2n) is 5.49. The van der Waals surface area contributed by atoms with E-state index in [9.17, 15) is 0 Å². The lowest BCUT2D eigenvalue weighted by Crippen LogP contribution is -2.43. The van der Waals surface area contributed by atoms with Crippen molar-refractivity contribution in [2.75, 3.05) is 47.6 Å². The highest BCUT2D eigenvalue weighted by Crippen LogP contribution is 2.19. The predicted molar refractivity (Wildman–Crippen MR) is 87.8 cm³/mol. The van der Waals surface area contributed by atoms with Crippen LogP contribution >= 0.6 is 0 Å². The third kappa shape index (κ3) is 5.75. The number of methoxy groups -OCH3 is 2. The minimum Gasteiger partial charge on any atom is -0.383 e. The van der Waals surface area contributed by atoms with Crippen LogP contribution in [0.25, 0.3) is 0 Å². The van der Waals surface area contributed by atoms with Gasteiger partial charge in [0, 0.05) is 39.4 Å². The summed E-state index contributed by atoms with van der Waals surface area (Å²) in [6.07, 6.45) is 0. The molecule has 0 radical (unpaired) electrons. The number of hydrogen-bond donors (Lipinski definition) is 1. The van der Waals surface area contributed by atoms with E-state index in [1.54, 1.807) is 14.2 Å². The van der Waals surface area contributed by atoms with Gasteiger partial charge in [-0.3, -0.25) is 4.90 Å². The first-order chi connectivity index (χ1) is 10.1. The lowest BCUT2D eigenvalue weighted by molar-refractivity contribution is 0.0692. The van der Waals surface area contributed by atoms with Crippen molar-refractivity contribution >= 4 is 0 Å². The molecule has 21 heavy (non-hydrogen) atoms. The summed E-state index contributed by atoms with van der Waals surface area (Å²) in [5.74, 6) is 0. The summed E-state index contributed by atoms with van der Waals surface area (Å²) in [4.78, 5) is 2.42. The SMILES string of the molecule is CNC(CN(CCOC)C(C)COC)c1ccccc1C. The molecule has 0 spiro atoms. The molecule has 0 aliphatic carbocycles. The lowest BCUT2D eigenvalue weighted by Gasteiger charge is -2.32. The maximum atomic E-state index is 5.31. The molecule has 0 fully saturated rings. The average molecular weight is 294 g/mol. The van der Waals surface area contributed by atoms with Crippen molar-refractivity contribution in [3.05, 3.63) is 35.4 Å². The van der Waals surface area contributed by atoms with Crippen molar-refractivity contribution in [3.63, 3.8) is 0 Å². The fourth-order valence-corrected chi connectivity index (χ4v) is 2.60. The van der Waals surface area contributed by atoms with Crippen molar-refractivity contribution in [1.82, 2.24) is 10.2 Å². The summed E-state index contributed by atoms with van der Waals surface area (Å²) in [6.45, 7) is 7.67. The van der Waals surface area contributed by atoms with Gasteiger partial charge in [0.2, 0.25) is 0 Å². The standard InChI is InChI=1S/C17H30N2O2/c1-14-8-6-7-9-16(14)17(18-3)12-19(10-11-20-4)15(2)13-21-5/h6-9,15,17-18H,10-13H2,1-5H3. The van der Waals surface area contributed by atoms with Gasteiger partial charge in [0.05, 0.1) is 13.2 Å². The van der Waals surface area contributed by atoms with Crippen LogP contribution in [0.3, 0.4) is 0 Å². The number of nitrogens with zero attached hydrogens (tertiary/aromatic N) is 1. The van der Waals surface area contributed by atoms with Gasteiger partial charge in [-0.05, 0) is 32.0 Å². The van der Waals surface area contributed by atoms with E-state index in [0.29, 0.717) is 12.1 Å². The van der Waals surface area contributed by atoms with Gasteiger partial charge >= 0.3 is 0 Å². The molecule has 1 aromatic carbocycles. The van der Waals surface area contributed by atoms with Crippen LogP contribution in [-0.2, 0) is 9.47 Å². The first-order valence-electron chi connectivity index (χ1n) is 7.58. The topological polar surface area (TPSA) is 33.7 Å². The predicted octanol–water partition coefficient (Wildman–Crippen LogP) is 2.24. The Kier molecular flexibility index (Phi) is 8.54. The molecule has 2 unspecified atom stereocenters. The number of ether oxygens (including phenoxy) is 2. The molecule has 0 saturated carbocycles. The summed E-state index contributed by atoms with van der Waals surface area (Å²) in [5, 5.41) is 3.44. The zero-order valence-corrected chi connectivity index (χ0v) is 14.1. The molecule has 4 nitrogen and oxygen atoms in total. The third-order valence-electron chi connectivity index (χ3n) is 3.94. The van der Waals surface area contributed by atoms with Crippen LogP contribution in [0.1, 0.15) is 24.1 Å². The van der Waals surface area contributed by atoms with Crippen LogP contribution in [0.15, 0.2) is 24.3 Å². The van der Waals surface area contributed by atoms with E-state index in [0.717, 1.165) is 26.3 Å². The van der Waals surface area contributed by atoms with Gasteiger partial charge < -0.3 is 14.8 Å². The van der Waals surface area contributed by atoms with Gasteiger partial charge in [-0.1, -0.05) is 24.3 Å². The Balaban J connectivity index is 2.80. The van der Waals surface area contributed by atoms with Crippen LogP contribution in [0.4, 0.5) is 0 Å². The molecule has 0 bridgehead atoms. The van der Waals surface area contributed by atoms with E-state index in [-0.39, 0.29) is 0 Å². The number of rotatable bonds is 10. The fraction of sp³-hybridized carbons (Fsp3) is 0.647. The van der Waals surface area contributed by atoms with Crippen molar-refractivity contribution in [2.24, 2.45) is 0 Å². The summed E-state index contributed by atoms with van der Waals surface area (Å²) >= 11 is 0. The third-order valence-corrected chi connectivity index (χ3v) is 3.94. The maximum absolute atomic E-state index is 5.31. The number of nitrogens with one attached hydrogen (secondary N) is 1. The molecular weight excluding hydrogens is 264 g/mol. The minimum absolute atomic E-state index is 0.308. The first-order valence-corrected chi connectivity index (χ1v) is 7.58. The molecule has 1 N–H and O–H groups in total. The maximum Gasteiger partial charge on any atom is 0.0615 e. The van der Waals surface area contributed by atoms with Gasteiger partial charge in [0.25, 0.3) is 0 Å². The first kappa shape index (κ1) is 18.1. The molecule has 120 valence electrons. The Morgan fingerprint density at radius 1 is 1.19 bits per heavy atom. The van der Waals surface area contributed by atoms with Crippen molar-refractivity contribution in [2.45, 2.75) is 25.9 Å². The summed E-state index contributed by atoms with van der Waals surface area (Å²) in [7, 11) is 5.52.